The van der Waals surface area contributed by atoms with Gasteiger partial charge in [0.1, 0.15) is 0 Å². The van der Waals surface area contributed by atoms with Crippen molar-refractivity contribution in [3.05, 3.63) is 0 Å². The van der Waals surface area contributed by atoms with Crippen LogP contribution in [0.15, 0.2) is 0 Å². The first-order chi connectivity index (χ1) is 5.72. The third-order valence-electron chi connectivity index (χ3n) is 1.41. The van der Waals surface area contributed by atoms with Crippen molar-refractivity contribution in [1.29, 1.82) is 0 Å². The van der Waals surface area contributed by atoms with Crippen molar-refractivity contribution in [2.45, 2.75) is 39.2 Å². The van der Waals surface area contributed by atoms with Crippen LogP contribution in [-0.4, -0.2) is 23.8 Å². The van der Waals surface area contributed by atoms with Gasteiger partial charge in [0.15, 0.2) is 6.10 Å². The second kappa shape index (κ2) is 7.06. The molecule has 0 heterocycles. The summed E-state index contributed by atoms with van der Waals surface area (Å²) in [4.78, 5) is 19.8. The molecule has 4 heteroatoms. The average Bonchev–Trinajstić information content (AvgIpc) is 2.04. The normalized spacial score (nSPS) is 12.8. The number of hydrogen-bond acceptors (Lipinski definition) is 3. The van der Waals surface area contributed by atoms with Crippen LogP contribution in [0.4, 0.5) is 0 Å². The van der Waals surface area contributed by atoms with Crippen molar-refractivity contribution < 1.29 is 19.7 Å². The minimum absolute atomic E-state index is 0.418. The first kappa shape index (κ1) is 11.4. The number of unbranched alkanes of at least 4 members (excludes halogenated alkanes) is 1. The van der Waals surface area contributed by atoms with E-state index in [1.165, 1.54) is 0 Å². The fourth-order valence-corrected chi connectivity index (χ4v) is 0.617. The highest BCUT2D eigenvalue weighted by atomic mass is 17.2. The maximum absolute atomic E-state index is 10.4. The monoisotopic (exact) mass is 176 g/mol. The second-order valence-electron chi connectivity index (χ2n) is 2.51. The number of hydrogen-bond donors (Lipinski definition) is 1. The molecule has 0 aromatic carbocycles. The van der Waals surface area contributed by atoms with Crippen LogP contribution in [0.1, 0.15) is 33.1 Å². The van der Waals surface area contributed by atoms with E-state index >= 15 is 0 Å². The summed E-state index contributed by atoms with van der Waals surface area (Å²) in [6.45, 7) is 4.22. The summed E-state index contributed by atoms with van der Waals surface area (Å²) in [5, 5.41) is 8.52. The number of carbonyl (C=O) groups is 1. The van der Waals surface area contributed by atoms with Crippen LogP contribution in [0.3, 0.4) is 0 Å². The molecule has 0 amide bonds. The van der Waals surface area contributed by atoms with Gasteiger partial charge in [-0.25, -0.2) is 14.6 Å². The zero-order chi connectivity index (χ0) is 9.40. The molecule has 0 aromatic rings. The molecular formula is C8H16O4. The lowest BCUT2D eigenvalue weighted by Crippen LogP contribution is -2.23. The lowest BCUT2D eigenvalue weighted by Gasteiger charge is -2.09. The molecule has 0 fully saturated rings. The molecule has 0 spiro atoms. The molecule has 1 atom stereocenters. The van der Waals surface area contributed by atoms with Gasteiger partial charge >= 0.3 is 5.97 Å². The summed E-state index contributed by atoms with van der Waals surface area (Å²) in [6, 6.07) is 0. The Labute approximate surface area is 72.4 Å². The van der Waals surface area contributed by atoms with Gasteiger partial charge in [-0.3, -0.25) is 0 Å². The Morgan fingerprint density at radius 2 is 2.17 bits per heavy atom. The first-order valence-corrected chi connectivity index (χ1v) is 4.23. The average molecular weight is 176 g/mol. The van der Waals surface area contributed by atoms with E-state index in [4.69, 9.17) is 9.99 Å². The smallest absolute Gasteiger partial charge is 0.336 e. The minimum atomic E-state index is -0.978. The fraction of sp³-hybridized carbons (Fsp3) is 0.875. The van der Waals surface area contributed by atoms with Crippen LogP contribution in [0.25, 0.3) is 0 Å². The highest BCUT2D eigenvalue weighted by molar-refractivity contribution is 5.71. The quantitative estimate of drug-likeness (QED) is 0.363. The molecule has 4 nitrogen and oxygen atoms in total. The van der Waals surface area contributed by atoms with Crippen LogP contribution in [-0.2, 0) is 14.6 Å². The minimum Gasteiger partial charge on any atom is -0.479 e. The molecule has 0 aliphatic heterocycles. The molecule has 0 saturated carbocycles. The molecule has 12 heavy (non-hydrogen) atoms. The highest BCUT2D eigenvalue weighted by Gasteiger charge is 2.15. The SMILES string of the molecule is CCCCOOC(CC)C(=O)O. The van der Waals surface area contributed by atoms with Gasteiger partial charge in [-0.05, 0) is 12.8 Å². The van der Waals surface area contributed by atoms with Crippen molar-refractivity contribution in [3.63, 3.8) is 0 Å². The molecule has 0 saturated heterocycles. The second-order valence-corrected chi connectivity index (χ2v) is 2.51. The van der Waals surface area contributed by atoms with Gasteiger partial charge in [0.05, 0.1) is 6.61 Å². The number of rotatable bonds is 7. The van der Waals surface area contributed by atoms with Crippen LogP contribution in [0.5, 0.6) is 0 Å². The van der Waals surface area contributed by atoms with Crippen LogP contribution >= 0.6 is 0 Å². The van der Waals surface area contributed by atoms with Crippen molar-refractivity contribution in [1.82, 2.24) is 0 Å². The summed E-state index contributed by atoms with van der Waals surface area (Å²) in [6.07, 6.45) is 1.48. The number of carboxylic acid groups (broad SMARTS) is 1. The van der Waals surface area contributed by atoms with Crippen molar-refractivity contribution >= 4 is 5.97 Å². The third kappa shape index (κ3) is 5.09. The van der Waals surface area contributed by atoms with E-state index in [-0.39, 0.29) is 0 Å². The molecule has 0 rings (SSSR count). The molecular weight excluding hydrogens is 160 g/mol. The molecule has 0 bridgehead atoms. The van der Waals surface area contributed by atoms with Crippen molar-refractivity contribution in [2.24, 2.45) is 0 Å². The Bertz CT molecular complexity index is 124. The molecule has 1 unspecified atom stereocenters. The Hall–Kier alpha value is -0.610. The van der Waals surface area contributed by atoms with E-state index in [2.05, 4.69) is 4.89 Å². The largest absolute Gasteiger partial charge is 0.479 e. The van der Waals surface area contributed by atoms with Crippen LogP contribution in [0.2, 0.25) is 0 Å². The topological polar surface area (TPSA) is 55.8 Å². The van der Waals surface area contributed by atoms with E-state index in [9.17, 15) is 4.79 Å². The lowest BCUT2D eigenvalue weighted by atomic mass is 10.3. The van der Waals surface area contributed by atoms with E-state index < -0.39 is 12.1 Å². The highest BCUT2D eigenvalue weighted by Crippen LogP contribution is 1.99. The molecule has 72 valence electrons. The summed E-state index contributed by atoms with van der Waals surface area (Å²) in [5.41, 5.74) is 0. The van der Waals surface area contributed by atoms with E-state index in [1.807, 2.05) is 6.92 Å². The van der Waals surface area contributed by atoms with Gasteiger partial charge in [0.25, 0.3) is 0 Å². The van der Waals surface area contributed by atoms with Gasteiger partial charge in [-0.2, -0.15) is 0 Å². The van der Waals surface area contributed by atoms with Gasteiger partial charge in [0, 0.05) is 0 Å². The fourth-order valence-electron chi connectivity index (χ4n) is 0.617. The Morgan fingerprint density at radius 1 is 1.50 bits per heavy atom. The van der Waals surface area contributed by atoms with E-state index in [1.54, 1.807) is 6.92 Å². The molecule has 0 aromatic heterocycles. The number of aliphatic carboxylic acids is 1. The standard InChI is InChI=1S/C8H16O4/c1-3-5-6-11-12-7(4-2)8(9)10/h7H,3-6H2,1-2H3,(H,9,10). The Morgan fingerprint density at radius 3 is 2.58 bits per heavy atom. The van der Waals surface area contributed by atoms with Crippen molar-refractivity contribution in [2.75, 3.05) is 6.61 Å². The van der Waals surface area contributed by atoms with Gasteiger partial charge in [-0.15, -0.1) is 0 Å². The zero-order valence-corrected chi connectivity index (χ0v) is 7.58. The van der Waals surface area contributed by atoms with Crippen molar-refractivity contribution in [3.8, 4) is 0 Å². The van der Waals surface area contributed by atoms with Crippen LogP contribution in [0, 0.1) is 0 Å². The van der Waals surface area contributed by atoms with Gasteiger partial charge in [-0.1, -0.05) is 20.3 Å². The van der Waals surface area contributed by atoms with Gasteiger partial charge in [0.2, 0.25) is 0 Å². The Balaban J connectivity index is 3.38. The molecule has 0 aliphatic carbocycles. The zero-order valence-electron chi connectivity index (χ0n) is 7.58. The summed E-state index contributed by atoms with van der Waals surface area (Å²) >= 11 is 0. The summed E-state index contributed by atoms with van der Waals surface area (Å²) in [5.74, 6) is -0.978. The van der Waals surface area contributed by atoms with Crippen LogP contribution < -0.4 is 0 Å². The summed E-state index contributed by atoms with van der Waals surface area (Å²) < 4.78 is 0. The van der Waals surface area contributed by atoms with Gasteiger partial charge < -0.3 is 5.11 Å². The molecule has 0 radical (unpaired) electrons. The predicted octanol–water partition coefficient (Wildman–Crippen LogP) is 1.60. The summed E-state index contributed by atoms with van der Waals surface area (Å²) in [7, 11) is 0. The maximum atomic E-state index is 10.4. The third-order valence-corrected chi connectivity index (χ3v) is 1.41. The van der Waals surface area contributed by atoms with E-state index in [0.717, 1.165) is 12.8 Å². The maximum Gasteiger partial charge on any atom is 0.336 e. The number of carboxylic acids is 1. The lowest BCUT2D eigenvalue weighted by molar-refractivity contribution is -0.320. The molecule has 0 aliphatic rings. The first-order valence-electron chi connectivity index (χ1n) is 4.23. The molecule has 1 N–H and O–H groups in total. The Kier molecular flexibility index (Phi) is 6.70. The predicted molar refractivity (Wildman–Crippen MR) is 43.7 cm³/mol. The van der Waals surface area contributed by atoms with E-state index in [0.29, 0.717) is 13.0 Å².